The predicted octanol–water partition coefficient (Wildman–Crippen LogP) is 4.36. The maximum atomic E-state index is 6.09. The molecule has 1 fully saturated rings. The standard InChI is InChI=1S/C15H18BrNO/c16-13-9-18-14-5-4-11(8-12(13)14)15(10-17)6-2-1-3-7-15/h4-5,8-9H,1-3,6-7,10,17H2. The van der Waals surface area contributed by atoms with Gasteiger partial charge in [-0.15, -0.1) is 0 Å². The summed E-state index contributed by atoms with van der Waals surface area (Å²) in [5, 5.41) is 1.16. The van der Waals surface area contributed by atoms with Gasteiger partial charge in [0.2, 0.25) is 0 Å². The maximum absolute atomic E-state index is 6.09. The van der Waals surface area contributed by atoms with Gasteiger partial charge < -0.3 is 10.2 Å². The van der Waals surface area contributed by atoms with E-state index in [1.807, 2.05) is 0 Å². The Morgan fingerprint density at radius 1 is 1.22 bits per heavy atom. The summed E-state index contributed by atoms with van der Waals surface area (Å²) in [4.78, 5) is 0. The third kappa shape index (κ3) is 1.90. The molecule has 0 atom stereocenters. The van der Waals surface area contributed by atoms with Crippen LogP contribution < -0.4 is 5.73 Å². The monoisotopic (exact) mass is 307 g/mol. The molecule has 0 saturated heterocycles. The number of rotatable bonds is 2. The average Bonchev–Trinajstić information content (AvgIpc) is 2.81. The first-order valence-corrected chi connectivity index (χ1v) is 7.42. The SMILES string of the molecule is NCC1(c2ccc3occ(Br)c3c2)CCCCC1. The topological polar surface area (TPSA) is 39.2 Å². The van der Waals surface area contributed by atoms with E-state index in [0.29, 0.717) is 0 Å². The van der Waals surface area contributed by atoms with Crippen molar-refractivity contribution in [2.24, 2.45) is 5.73 Å². The first kappa shape index (κ1) is 12.2. The third-order valence-electron chi connectivity index (χ3n) is 4.34. The first-order valence-electron chi connectivity index (χ1n) is 6.62. The van der Waals surface area contributed by atoms with E-state index in [1.165, 1.54) is 37.7 Å². The van der Waals surface area contributed by atoms with Gasteiger partial charge in [0.1, 0.15) is 11.8 Å². The molecule has 1 aromatic heterocycles. The minimum Gasteiger partial charge on any atom is -0.463 e. The Labute approximate surface area is 116 Å². The van der Waals surface area contributed by atoms with E-state index in [4.69, 9.17) is 10.2 Å². The lowest BCUT2D eigenvalue weighted by Gasteiger charge is -2.36. The highest BCUT2D eigenvalue weighted by atomic mass is 79.9. The van der Waals surface area contributed by atoms with Crippen molar-refractivity contribution in [3.63, 3.8) is 0 Å². The van der Waals surface area contributed by atoms with Crippen molar-refractivity contribution in [1.29, 1.82) is 0 Å². The summed E-state index contributed by atoms with van der Waals surface area (Å²) in [6.45, 7) is 0.744. The maximum Gasteiger partial charge on any atom is 0.135 e. The summed E-state index contributed by atoms with van der Waals surface area (Å²) in [6.07, 6.45) is 8.11. The quantitative estimate of drug-likeness (QED) is 0.895. The van der Waals surface area contributed by atoms with Crippen LogP contribution in [-0.2, 0) is 5.41 Å². The van der Waals surface area contributed by atoms with Crippen molar-refractivity contribution in [1.82, 2.24) is 0 Å². The van der Waals surface area contributed by atoms with Crippen molar-refractivity contribution in [2.45, 2.75) is 37.5 Å². The van der Waals surface area contributed by atoms with Crippen LogP contribution in [0, 0.1) is 0 Å². The number of nitrogens with two attached hydrogens (primary N) is 1. The van der Waals surface area contributed by atoms with Crippen LogP contribution in [0.25, 0.3) is 11.0 Å². The molecular formula is C15H18BrNO. The Morgan fingerprint density at radius 2 is 2.00 bits per heavy atom. The fourth-order valence-electron chi connectivity index (χ4n) is 3.17. The molecule has 1 aliphatic rings. The second-order valence-electron chi connectivity index (χ2n) is 5.34. The largest absolute Gasteiger partial charge is 0.463 e. The van der Waals surface area contributed by atoms with Gasteiger partial charge in [-0.2, -0.15) is 0 Å². The van der Waals surface area contributed by atoms with E-state index in [1.54, 1.807) is 6.26 Å². The fourth-order valence-corrected chi connectivity index (χ4v) is 3.57. The molecule has 96 valence electrons. The third-order valence-corrected chi connectivity index (χ3v) is 4.95. The van der Waals surface area contributed by atoms with E-state index >= 15 is 0 Å². The minimum absolute atomic E-state index is 0.184. The molecule has 2 aromatic rings. The van der Waals surface area contributed by atoms with Gasteiger partial charge in [-0.3, -0.25) is 0 Å². The number of hydrogen-bond acceptors (Lipinski definition) is 2. The van der Waals surface area contributed by atoms with Gasteiger partial charge in [0.25, 0.3) is 0 Å². The number of benzene rings is 1. The zero-order valence-electron chi connectivity index (χ0n) is 10.4. The molecule has 3 heteroatoms. The van der Waals surface area contributed by atoms with Crippen LogP contribution in [-0.4, -0.2) is 6.54 Å². The smallest absolute Gasteiger partial charge is 0.135 e. The molecule has 1 aliphatic carbocycles. The molecule has 1 aromatic carbocycles. The summed E-state index contributed by atoms with van der Waals surface area (Å²) in [6, 6.07) is 6.51. The highest BCUT2D eigenvalue weighted by molar-refractivity contribution is 9.10. The summed E-state index contributed by atoms with van der Waals surface area (Å²) >= 11 is 3.54. The average molecular weight is 308 g/mol. The molecule has 0 bridgehead atoms. The summed E-state index contributed by atoms with van der Waals surface area (Å²) in [5.74, 6) is 0. The first-order chi connectivity index (χ1) is 8.75. The molecule has 1 saturated carbocycles. The molecule has 2 N–H and O–H groups in total. The highest BCUT2D eigenvalue weighted by Crippen LogP contribution is 2.40. The summed E-state index contributed by atoms with van der Waals surface area (Å²) in [5.41, 5.74) is 8.59. The molecule has 0 amide bonds. The summed E-state index contributed by atoms with van der Waals surface area (Å²) in [7, 11) is 0. The van der Waals surface area contributed by atoms with E-state index in [0.717, 1.165) is 22.0 Å². The van der Waals surface area contributed by atoms with Gasteiger partial charge in [0.05, 0.1) is 4.47 Å². The van der Waals surface area contributed by atoms with Gasteiger partial charge >= 0.3 is 0 Å². The Bertz CT molecular complexity index is 555. The fraction of sp³-hybridized carbons (Fsp3) is 0.467. The summed E-state index contributed by atoms with van der Waals surface area (Å²) < 4.78 is 6.51. The number of furan rings is 1. The van der Waals surface area contributed by atoms with E-state index in [2.05, 4.69) is 34.1 Å². The second-order valence-corrected chi connectivity index (χ2v) is 6.19. The van der Waals surface area contributed by atoms with Crippen LogP contribution in [0.2, 0.25) is 0 Å². The Hall–Kier alpha value is -0.800. The van der Waals surface area contributed by atoms with Crippen molar-refractivity contribution in [2.75, 3.05) is 6.54 Å². The van der Waals surface area contributed by atoms with Gasteiger partial charge in [0, 0.05) is 17.3 Å². The van der Waals surface area contributed by atoms with Crippen LogP contribution in [0.15, 0.2) is 33.4 Å². The molecule has 0 spiro atoms. The second kappa shape index (κ2) is 4.71. The minimum atomic E-state index is 0.184. The molecule has 0 radical (unpaired) electrons. The van der Waals surface area contributed by atoms with Gasteiger partial charge in [0.15, 0.2) is 0 Å². The molecule has 1 heterocycles. The van der Waals surface area contributed by atoms with Gasteiger partial charge in [-0.25, -0.2) is 0 Å². The van der Waals surface area contributed by atoms with Crippen LogP contribution in [0.4, 0.5) is 0 Å². The molecule has 0 unspecified atom stereocenters. The number of halogens is 1. The highest BCUT2D eigenvalue weighted by Gasteiger charge is 2.32. The van der Waals surface area contributed by atoms with Crippen LogP contribution in [0.1, 0.15) is 37.7 Å². The van der Waals surface area contributed by atoms with E-state index < -0.39 is 0 Å². The van der Waals surface area contributed by atoms with Crippen LogP contribution >= 0.6 is 15.9 Å². The lowest BCUT2D eigenvalue weighted by atomic mass is 9.69. The van der Waals surface area contributed by atoms with Gasteiger partial charge in [-0.05, 0) is 46.5 Å². The Morgan fingerprint density at radius 3 is 2.72 bits per heavy atom. The van der Waals surface area contributed by atoms with Crippen LogP contribution in [0.3, 0.4) is 0 Å². The molecule has 18 heavy (non-hydrogen) atoms. The van der Waals surface area contributed by atoms with Crippen molar-refractivity contribution < 1.29 is 4.42 Å². The van der Waals surface area contributed by atoms with Gasteiger partial charge in [-0.1, -0.05) is 25.3 Å². The van der Waals surface area contributed by atoms with Crippen molar-refractivity contribution >= 4 is 26.9 Å². The normalized spacial score (nSPS) is 19.2. The number of hydrogen-bond donors (Lipinski definition) is 1. The lowest BCUT2D eigenvalue weighted by molar-refractivity contribution is 0.301. The Balaban J connectivity index is 2.08. The number of fused-ring (bicyclic) bond motifs is 1. The van der Waals surface area contributed by atoms with Crippen molar-refractivity contribution in [3.8, 4) is 0 Å². The predicted molar refractivity (Wildman–Crippen MR) is 77.7 cm³/mol. The van der Waals surface area contributed by atoms with E-state index in [-0.39, 0.29) is 5.41 Å². The molecule has 3 rings (SSSR count). The zero-order chi connectivity index (χ0) is 12.6. The molecule has 2 nitrogen and oxygen atoms in total. The molecule has 0 aliphatic heterocycles. The zero-order valence-corrected chi connectivity index (χ0v) is 12.0. The lowest BCUT2D eigenvalue weighted by Crippen LogP contribution is -2.37. The van der Waals surface area contributed by atoms with Crippen LogP contribution in [0.5, 0.6) is 0 Å². The van der Waals surface area contributed by atoms with Crippen molar-refractivity contribution in [3.05, 3.63) is 34.5 Å². The molecular weight excluding hydrogens is 290 g/mol. The Kier molecular flexibility index (Phi) is 3.20. The van der Waals surface area contributed by atoms with E-state index in [9.17, 15) is 0 Å².